The standard InChI is InChI=1S/C17H16Cl2N2O/c1-10-4-5-20-9-14(10)17(22)21-13-6-12(7-13)11-2-3-15(18)16(19)8-11/h2-5,8-9,12-13H,6-7H2,1H3,(H,21,22). The molecule has 3 nitrogen and oxygen atoms in total. The van der Waals surface area contributed by atoms with Crippen LogP contribution in [-0.2, 0) is 0 Å². The lowest BCUT2D eigenvalue weighted by molar-refractivity contribution is 0.0908. The summed E-state index contributed by atoms with van der Waals surface area (Å²) in [5.74, 6) is 0.373. The minimum atomic E-state index is -0.0526. The molecule has 22 heavy (non-hydrogen) atoms. The van der Waals surface area contributed by atoms with Gasteiger partial charge in [0, 0.05) is 18.4 Å². The third-order valence-electron chi connectivity index (χ3n) is 4.17. The molecule has 0 saturated heterocycles. The van der Waals surface area contributed by atoms with Crippen LogP contribution in [-0.4, -0.2) is 16.9 Å². The molecule has 5 heteroatoms. The van der Waals surface area contributed by atoms with Gasteiger partial charge in [-0.05, 0) is 55.0 Å². The molecular formula is C17H16Cl2N2O. The largest absolute Gasteiger partial charge is 0.349 e. The normalized spacial score (nSPS) is 20.3. The van der Waals surface area contributed by atoms with Crippen LogP contribution in [0.15, 0.2) is 36.7 Å². The average Bonchev–Trinajstić information content (AvgIpc) is 2.46. The molecule has 1 aliphatic carbocycles. The number of amides is 1. The quantitative estimate of drug-likeness (QED) is 0.905. The predicted octanol–water partition coefficient (Wildman–Crippen LogP) is 4.37. The van der Waals surface area contributed by atoms with Gasteiger partial charge in [-0.1, -0.05) is 29.3 Å². The second kappa shape index (κ2) is 6.27. The van der Waals surface area contributed by atoms with E-state index in [4.69, 9.17) is 23.2 Å². The molecule has 1 saturated carbocycles. The van der Waals surface area contributed by atoms with Crippen molar-refractivity contribution in [1.29, 1.82) is 0 Å². The van der Waals surface area contributed by atoms with Crippen molar-refractivity contribution >= 4 is 29.1 Å². The van der Waals surface area contributed by atoms with Crippen LogP contribution in [0.25, 0.3) is 0 Å². The van der Waals surface area contributed by atoms with E-state index >= 15 is 0 Å². The summed E-state index contributed by atoms with van der Waals surface area (Å²) in [7, 11) is 0. The van der Waals surface area contributed by atoms with Crippen LogP contribution in [0.5, 0.6) is 0 Å². The van der Waals surface area contributed by atoms with Gasteiger partial charge in [0.2, 0.25) is 0 Å². The first-order chi connectivity index (χ1) is 10.5. The van der Waals surface area contributed by atoms with Crippen LogP contribution in [0.2, 0.25) is 10.0 Å². The number of hydrogen-bond acceptors (Lipinski definition) is 2. The lowest BCUT2D eigenvalue weighted by atomic mass is 9.76. The molecule has 1 fully saturated rings. The molecule has 3 rings (SSSR count). The number of rotatable bonds is 3. The fourth-order valence-corrected chi connectivity index (χ4v) is 3.05. The molecule has 0 radical (unpaired) electrons. The van der Waals surface area contributed by atoms with Gasteiger partial charge in [0.1, 0.15) is 0 Å². The maximum absolute atomic E-state index is 12.2. The molecule has 1 aromatic heterocycles. The number of hydrogen-bond donors (Lipinski definition) is 1. The minimum Gasteiger partial charge on any atom is -0.349 e. The molecule has 0 bridgehead atoms. The smallest absolute Gasteiger partial charge is 0.253 e. The number of carbonyl (C=O) groups excluding carboxylic acids is 1. The summed E-state index contributed by atoms with van der Waals surface area (Å²) >= 11 is 12.0. The predicted molar refractivity (Wildman–Crippen MR) is 88.7 cm³/mol. The fourth-order valence-electron chi connectivity index (χ4n) is 2.74. The molecule has 0 aliphatic heterocycles. The van der Waals surface area contributed by atoms with Crippen molar-refractivity contribution in [2.24, 2.45) is 0 Å². The van der Waals surface area contributed by atoms with E-state index in [-0.39, 0.29) is 11.9 Å². The molecule has 1 amide bonds. The highest BCUT2D eigenvalue weighted by Crippen LogP contribution is 2.39. The molecule has 0 unspecified atom stereocenters. The summed E-state index contributed by atoms with van der Waals surface area (Å²) in [5, 5.41) is 4.21. The van der Waals surface area contributed by atoms with Crippen LogP contribution in [0.3, 0.4) is 0 Å². The van der Waals surface area contributed by atoms with Crippen molar-refractivity contribution < 1.29 is 4.79 Å². The Morgan fingerprint density at radius 3 is 2.68 bits per heavy atom. The van der Waals surface area contributed by atoms with Crippen molar-refractivity contribution in [3.63, 3.8) is 0 Å². The maximum atomic E-state index is 12.2. The lowest BCUT2D eigenvalue weighted by Gasteiger charge is -2.36. The molecule has 0 atom stereocenters. The van der Waals surface area contributed by atoms with Crippen molar-refractivity contribution in [2.75, 3.05) is 0 Å². The third-order valence-corrected chi connectivity index (χ3v) is 4.91. The van der Waals surface area contributed by atoms with Crippen LogP contribution < -0.4 is 5.32 Å². The number of aryl methyl sites for hydroxylation is 1. The van der Waals surface area contributed by atoms with E-state index in [1.807, 2.05) is 31.2 Å². The highest BCUT2D eigenvalue weighted by Gasteiger charge is 2.32. The van der Waals surface area contributed by atoms with Crippen molar-refractivity contribution in [3.05, 3.63) is 63.4 Å². The Morgan fingerprint density at radius 1 is 1.23 bits per heavy atom. The van der Waals surface area contributed by atoms with E-state index in [9.17, 15) is 4.79 Å². The first-order valence-electron chi connectivity index (χ1n) is 7.21. The van der Waals surface area contributed by atoms with Crippen molar-refractivity contribution in [2.45, 2.75) is 31.7 Å². The zero-order valence-electron chi connectivity index (χ0n) is 12.1. The number of nitrogens with zero attached hydrogens (tertiary/aromatic N) is 1. The topological polar surface area (TPSA) is 42.0 Å². The Kier molecular flexibility index (Phi) is 4.37. The zero-order chi connectivity index (χ0) is 15.7. The second-order valence-electron chi connectivity index (χ2n) is 5.70. The van der Waals surface area contributed by atoms with Crippen LogP contribution in [0, 0.1) is 6.92 Å². The van der Waals surface area contributed by atoms with E-state index in [1.165, 1.54) is 5.56 Å². The van der Waals surface area contributed by atoms with Gasteiger partial charge in [0.25, 0.3) is 5.91 Å². The molecule has 0 spiro atoms. The van der Waals surface area contributed by atoms with E-state index < -0.39 is 0 Å². The molecule has 1 aliphatic rings. The first kappa shape index (κ1) is 15.3. The van der Waals surface area contributed by atoms with Crippen LogP contribution in [0.1, 0.15) is 40.2 Å². The summed E-state index contributed by atoms with van der Waals surface area (Å²) in [6.45, 7) is 1.91. The number of aromatic nitrogens is 1. The Morgan fingerprint density at radius 2 is 2.00 bits per heavy atom. The summed E-state index contributed by atoms with van der Waals surface area (Å²) in [4.78, 5) is 16.2. The first-order valence-corrected chi connectivity index (χ1v) is 7.96. The Balaban J connectivity index is 1.59. The zero-order valence-corrected chi connectivity index (χ0v) is 13.7. The van der Waals surface area contributed by atoms with Gasteiger partial charge < -0.3 is 5.32 Å². The van der Waals surface area contributed by atoms with Crippen LogP contribution >= 0.6 is 23.2 Å². The highest BCUT2D eigenvalue weighted by molar-refractivity contribution is 6.42. The molecule has 1 N–H and O–H groups in total. The van der Waals surface area contributed by atoms with Gasteiger partial charge in [-0.3, -0.25) is 9.78 Å². The molecule has 1 aromatic carbocycles. The maximum Gasteiger partial charge on any atom is 0.253 e. The second-order valence-corrected chi connectivity index (χ2v) is 6.52. The van der Waals surface area contributed by atoms with Gasteiger partial charge in [-0.15, -0.1) is 0 Å². The molecule has 1 heterocycles. The summed E-state index contributed by atoms with van der Waals surface area (Å²) in [5.41, 5.74) is 2.76. The summed E-state index contributed by atoms with van der Waals surface area (Å²) in [6, 6.07) is 7.78. The number of nitrogens with one attached hydrogen (secondary N) is 1. The number of halogens is 2. The van der Waals surface area contributed by atoms with Crippen molar-refractivity contribution in [1.82, 2.24) is 10.3 Å². The Bertz CT molecular complexity index is 712. The summed E-state index contributed by atoms with van der Waals surface area (Å²) < 4.78 is 0. The van der Waals surface area contributed by atoms with E-state index in [2.05, 4.69) is 10.3 Å². The van der Waals surface area contributed by atoms with Gasteiger partial charge in [0.15, 0.2) is 0 Å². The minimum absolute atomic E-state index is 0.0526. The van der Waals surface area contributed by atoms with E-state index in [0.29, 0.717) is 21.5 Å². The van der Waals surface area contributed by atoms with E-state index in [1.54, 1.807) is 12.4 Å². The lowest BCUT2D eigenvalue weighted by Crippen LogP contribution is -2.43. The van der Waals surface area contributed by atoms with E-state index in [0.717, 1.165) is 18.4 Å². The fraction of sp³-hybridized carbons (Fsp3) is 0.294. The third kappa shape index (κ3) is 3.11. The highest BCUT2D eigenvalue weighted by atomic mass is 35.5. The van der Waals surface area contributed by atoms with Gasteiger partial charge in [0.05, 0.1) is 15.6 Å². The molecular weight excluding hydrogens is 319 g/mol. The monoisotopic (exact) mass is 334 g/mol. The number of pyridine rings is 1. The van der Waals surface area contributed by atoms with Crippen LogP contribution in [0.4, 0.5) is 0 Å². The summed E-state index contributed by atoms with van der Waals surface area (Å²) in [6.07, 6.45) is 5.14. The number of carbonyl (C=O) groups is 1. The SMILES string of the molecule is Cc1ccncc1C(=O)NC1CC(c2ccc(Cl)c(Cl)c2)C1. The van der Waals surface area contributed by atoms with Gasteiger partial charge in [-0.2, -0.15) is 0 Å². The number of benzene rings is 1. The Labute approximate surface area is 139 Å². The molecule has 2 aromatic rings. The van der Waals surface area contributed by atoms with Gasteiger partial charge >= 0.3 is 0 Å². The molecule has 114 valence electrons. The van der Waals surface area contributed by atoms with Crippen molar-refractivity contribution in [3.8, 4) is 0 Å². The average molecular weight is 335 g/mol. The van der Waals surface area contributed by atoms with Gasteiger partial charge in [-0.25, -0.2) is 0 Å². The Hall–Kier alpha value is -1.58.